The highest BCUT2D eigenvalue weighted by molar-refractivity contribution is 5.91. The van der Waals surface area contributed by atoms with E-state index in [0.717, 1.165) is 22.1 Å². The van der Waals surface area contributed by atoms with E-state index in [-0.39, 0.29) is 21.7 Å². The van der Waals surface area contributed by atoms with Gasteiger partial charge in [-0.15, -0.1) is 0 Å². The Morgan fingerprint density at radius 3 is 1.37 bits per heavy atom. The van der Waals surface area contributed by atoms with Gasteiger partial charge in [-0.05, 0) is 48.6 Å². The van der Waals surface area contributed by atoms with E-state index in [1.54, 1.807) is 0 Å². The predicted molar refractivity (Wildman–Crippen MR) is 119 cm³/mol. The third-order valence-corrected chi connectivity index (χ3v) is 10.7. The Kier molecular flexibility index (Phi) is 2.76. The minimum absolute atomic E-state index is 0.128. The highest BCUT2D eigenvalue weighted by Crippen LogP contribution is 2.68. The molecular formula is C26H30N4. The molecule has 3 aromatic rings. The average Bonchev–Trinajstić information content (AvgIpc) is 3.19. The molecule has 0 amide bonds. The molecule has 30 heavy (non-hydrogen) atoms. The first-order valence-electron chi connectivity index (χ1n) is 11.6. The average molecular weight is 399 g/mol. The number of hydrogen-bond donors (Lipinski definition) is 0. The number of hydrogen-bond acceptors (Lipinski definition) is 4. The molecule has 4 heteroatoms. The van der Waals surface area contributed by atoms with E-state index in [0.29, 0.717) is 11.8 Å². The number of fused-ring (bicyclic) bond motifs is 12. The van der Waals surface area contributed by atoms with Crippen molar-refractivity contribution >= 4 is 22.1 Å². The van der Waals surface area contributed by atoms with Gasteiger partial charge in [0.25, 0.3) is 0 Å². The molecule has 7 rings (SSSR count). The fourth-order valence-electron chi connectivity index (χ4n) is 7.74. The van der Waals surface area contributed by atoms with Gasteiger partial charge in [-0.25, -0.2) is 19.9 Å². The van der Waals surface area contributed by atoms with Gasteiger partial charge in [-0.3, -0.25) is 0 Å². The fourth-order valence-corrected chi connectivity index (χ4v) is 7.74. The van der Waals surface area contributed by atoms with Crippen LogP contribution >= 0.6 is 0 Å². The first kappa shape index (κ1) is 17.6. The van der Waals surface area contributed by atoms with Gasteiger partial charge >= 0.3 is 0 Å². The maximum Gasteiger partial charge on any atom is 0.0913 e. The van der Waals surface area contributed by atoms with Crippen molar-refractivity contribution in [2.24, 2.45) is 10.8 Å². The Morgan fingerprint density at radius 1 is 0.600 bits per heavy atom. The summed E-state index contributed by atoms with van der Waals surface area (Å²) in [5.41, 5.74) is 9.57. The van der Waals surface area contributed by atoms with Crippen LogP contribution < -0.4 is 0 Å². The third kappa shape index (κ3) is 1.61. The molecule has 154 valence electrons. The zero-order valence-corrected chi connectivity index (χ0v) is 18.9. The Bertz CT molecular complexity index is 1210. The van der Waals surface area contributed by atoms with Gasteiger partial charge < -0.3 is 0 Å². The molecule has 4 aliphatic rings. The van der Waals surface area contributed by atoms with Crippen LogP contribution in [0.15, 0.2) is 12.1 Å². The number of rotatable bonds is 0. The van der Waals surface area contributed by atoms with E-state index in [4.69, 9.17) is 19.9 Å². The maximum absolute atomic E-state index is 5.21. The Balaban J connectivity index is 1.49. The minimum atomic E-state index is 0.128. The lowest BCUT2D eigenvalue weighted by Crippen LogP contribution is -2.32. The molecular weight excluding hydrogens is 368 g/mol. The summed E-state index contributed by atoms with van der Waals surface area (Å²) in [6.07, 6.45) is 4.89. The van der Waals surface area contributed by atoms with Crippen LogP contribution in [0.1, 0.15) is 102 Å². The third-order valence-electron chi connectivity index (χ3n) is 10.7. The predicted octanol–water partition coefficient (Wildman–Crippen LogP) is 5.92. The normalized spacial score (nSPS) is 36.6. The van der Waals surface area contributed by atoms with Gasteiger partial charge in [-0.1, -0.05) is 41.5 Å². The maximum atomic E-state index is 5.21. The second-order valence-electron chi connectivity index (χ2n) is 12.0. The molecule has 0 saturated heterocycles. The minimum Gasteiger partial charge on any atom is -0.249 e. The number of benzene rings is 1. The van der Waals surface area contributed by atoms with Crippen LogP contribution in [0.25, 0.3) is 22.1 Å². The van der Waals surface area contributed by atoms with Gasteiger partial charge in [0.15, 0.2) is 0 Å². The second kappa shape index (κ2) is 4.71. The van der Waals surface area contributed by atoms with Crippen LogP contribution in [0.5, 0.6) is 0 Å². The molecule has 2 saturated carbocycles. The molecule has 0 radical (unpaired) electrons. The van der Waals surface area contributed by atoms with Crippen molar-refractivity contribution in [1.82, 2.24) is 19.9 Å². The van der Waals surface area contributed by atoms with Crippen molar-refractivity contribution in [3.63, 3.8) is 0 Å². The van der Waals surface area contributed by atoms with E-state index in [1.165, 1.54) is 48.5 Å². The van der Waals surface area contributed by atoms with Crippen molar-refractivity contribution in [2.45, 2.75) is 89.9 Å². The molecule has 2 aromatic heterocycles. The van der Waals surface area contributed by atoms with Crippen molar-refractivity contribution in [3.8, 4) is 0 Å². The summed E-state index contributed by atoms with van der Waals surface area (Å²) in [4.78, 5) is 20.8. The second-order valence-corrected chi connectivity index (χ2v) is 12.0. The molecule has 2 heterocycles. The molecule has 0 N–H and O–H groups in total. The van der Waals surface area contributed by atoms with Crippen LogP contribution in [0.2, 0.25) is 0 Å². The van der Waals surface area contributed by atoms with E-state index >= 15 is 0 Å². The van der Waals surface area contributed by atoms with Crippen LogP contribution in [-0.2, 0) is 10.8 Å². The molecule has 4 aliphatic carbocycles. The van der Waals surface area contributed by atoms with E-state index < -0.39 is 0 Å². The van der Waals surface area contributed by atoms with E-state index in [1.807, 2.05) is 0 Å². The Morgan fingerprint density at radius 2 is 0.967 bits per heavy atom. The molecule has 2 fully saturated rings. The van der Waals surface area contributed by atoms with Crippen molar-refractivity contribution in [3.05, 3.63) is 34.9 Å². The van der Waals surface area contributed by atoms with Crippen molar-refractivity contribution in [2.75, 3.05) is 0 Å². The summed E-state index contributed by atoms with van der Waals surface area (Å²) >= 11 is 0. The SMILES string of the molecule is CC1(C)[C@@H]2CC[C@@]1(C)c1nc3cc4nc5c(nc4cc3nc12)[C@H]1CC[C@]5(C)C1(C)C. The van der Waals surface area contributed by atoms with Crippen LogP contribution in [0.3, 0.4) is 0 Å². The molecule has 1 aromatic carbocycles. The van der Waals surface area contributed by atoms with Gasteiger partial charge in [0.05, 0.1) is 44.8 Å². The molecule has 4 bridgehead atoms. The largest absolute Gasteiger partial charge is 0.249 e. The summed E-state index contributed by atoms with van der Waals surface area (Å²) < 4.78 is 0. The van der Waals surface area contributed by atoms with Gasteiger partial charge in [-0.2, -0.15) is 0 Å². The summed E-state index contributed by atoms with van der Waals surface area (Å²) in [5.74, 6) is 1.04. The van der Waals surface area contributed by atoms with Crippen LogP contribution in [-0.4, -0.2) is 19.9 Å². The van der Waals surface area contributed by atoms with Crippen LogP contribution in [0.4, 0.5) is 0 Å². The summed E-state index contributed by atoms with van der Waals surface area (Å²) in [6, 6.07) is 4.30. The molecule has 4 nitrogen and oxygen atoms in total. The lowest BCUT2D eigenvalue weighted by Gasteiger charge is -2.34. The van der Waals surface area contributed by atoms with Gasteiger partial charge in [0, 0.05) is 22.7 Å². The fraction of sp³-hybridized carbons (Fsp3) is 0.615. The van der Waals surface area contributed by atoms with Gasteiger partial charge in [0.2, 0.25) is 0 Å². The zero-order chi connectivity index (χ0) is 20.8. The van der Waals surface area contributed by atoms with E-state index in [2.05, 4.69) is 53.7 Å². The Hall–Kier alpha value is -2.10. The first-order chi connectivity index (χ1) is 14.1. The number of aromatic nitrogens is 4. The lowest BCUT2D eigenvalue weighted by molar-refractivity contribution is 0.227. The topological polar surface area (TPSA) is 51.6 Å². The molecule has 0 unspecified atom stereocenters. The standard InChI is InChI=1S/C26H30N4/c1-23(2)13-7-9-25(23,5)21-19(13)27-15-11-16-18(12-17(15)29-21)30-22-20(28-16)14-8-10-26(22,6)24(14,3)4/h11-14H,7-10H2,1-6H3/t13-,14-,25+,26+/m1/s1. The summed E-state index contributed by atoms with van der Waals surface area (Å²) in [7, 11) is 0. The molecule has 0 aliphatic heterocycles. The molecule has 4 atom stereocenters. The smallest absolute Gasteiger partial charge is 0.0913 e. The zero-order valence-electron chi connectivity index (χ0n) is 18.9. The monoisotopic (exact) mass is 398 g/mol. The molecule has 0 spiro atoms. The van der Waals surface area contributed by atoms with Gasteiger partial charge in [0.1, 0.15) is 0 Å². The van der Waals surface area contributed by atoms with Crippen molar-refractivity contribution < 1.29 is 0 Å². The quantitative estimate of drug-likeness (QED) is 0.441. The first-order valence-corrected chi connectivity index (χ1v) is 11.6. The summed E-state index contributed by atoms with van der Waals surface area (Å²) in [5, 5.41) is 0. The lowest BCUT2D eigenvalue weighted by atomic mass is 9.70. The van der Waals surface area contributed by atoms with Crippen molar-refractivity contribution in [1.29, 1.82) is 0 Å². The highest BCUT2D eigenvalue weighted by Gasteiger charge is 2.62. The van der Waals surface area contributed by atoms with E-state index in [9.17, 15) is 0 Å². The summed E-state index contributed by atoms with van der Waals surface area (Å²) in [6.45, 7) is 14.4. The van der Waals surface area contributed by atoms with Crippen LogP contribution in [0, 0.1) is 10.8 Å². The number of nitrogens with zero attached hydrogens (tertiary/aromatic N) is 4. The Labute approximate surface area is 177 Å². The highest BCUT2D eigenvalue weighted by atomic mass is 14.9.